The van der Waals surface area contributed by atoms with Crippen LogP contribution in [0, 0.1) is 11.3 Å². The summed E-state index contributed by atoms with van der Waals surface area (Å²) in [6.07, 6.45) is -3.76. The molecule has 0 spiro atoms. The third kappa shape index (κ3) is 2.95. The number of aromatic amines is 1. The summed E-state index contributed by atoms with van der Waals surface area (Å²) >= 11 is 0. The molecule has 1 N–H and O–H groups in total. The van der Waals surface area contributed by atoms with Crippen molar-refractivity contribution in [3.05, 3.63) is 46.5 Å². The summed E-state index contributed by atoms with van der Waals surface area (Å²) < 4.78 is 40.2. The van der Waals surface area contributed by atoms with E-state index in [1.165, 1.54) is 12.1 Å². The lowest BCUT2D eigenvalue weighted by Crippen LogP contribution is -2.17. The van der Waals surface area contributed by atoms with Gasteiger partial charge in [-0.1, -0.05) is 12.1 Å². The number of nitrogens with zero attached hydrogens (tertiary/aromatic N) is 2. The SMILES string of the molecule is N#Cc1c(-c2cccc(OC(F)(F)F)c2)nc[nH]c1=O. The first-order chi connectivity index (χ1) is 9.40. The molecule has 5 nitrogen and oxygen atoms in total. The average Bonchev–Trinajstić information content (AvgIpc) is 2.36. The van der Waals surface area contributed by atoms with E-state index in [2.05, 4.69) is 14.7 Å². The maximum absolute atomic E-state index is 12.1. The summed E-state index contributed by atoms with van der Waals surface area (Å²) in [6.45, 7) is 0. The first-order valence-electron chi connectivity index (χ1n) is 5.24. The Kier molecular flexibility index (Phi) is 3.43. The number of halogens is 3. The minimum absolute atomic E-state index is 0.0103. The maximum atomic E-state index is 12.1. The fourth-order valence-corrected chi connectivity index (χ4v) is 1.56. The van der Waals surface area contributed by atoms with E-state index in [-0.39, 0.29) is 16.8 Å². The Labute approximate surface area is 110 Å². The number of aromatic nitrogens is 2. The number of ether oxygens (including phenoxy) is 1. The summed E-state index contributed by atoms with van der Waals surface area (Å²) in [5.41, 5.74) is -0.783. The number of nitriles is 1. The normalized spacial score (nSPS) is 10.9. The van der Waals surface area contributed by atoms with Crippen LogP contribution >= 0.6 is 0 Å². The number of hydrogen-bond donors (Lipinski definition) is 1. The highest BCUT2D eigenvalue weighted by atomic mass is 19.4. The van der Waals surface area contributed by atoms with Crippen molar-refractivity contribution in [2.24, 2.45) is 0 Å². The zero-order valence-corrected chi connectivity index (χ0v) is 9.73. The van der Waals surface area contributed by atoms with Gasteiger partial charge in [-0.2, -0.15) is 5.26 Å². The van der Waals surface area contributed by atoms with Crippen LogP contribution in [0.2, 0.25) is 0 Å². The summed E-state index contributed by atoms with van der Waals surface area (Å²) in [6, 6.07) is 6.55. The second-order valence-electron chi connectivity index (χ2n) is 3.64. The van der Waals surface area contributed by atoms with Crippen LogP contribution < -0.4 is 10.3 Å². The van der Waals surface area contributed by atoms with Crippen LogP contribution in [-0.4, -0.2) is 16.3 Å². The summed E-state index contributed by atoms with van der Waals surface area (Å²) in [4.78, 5) is 17.4. The molecule has 20 heavy (non-hydrogen) atoms. The van der Waals surface area contributed by atoms with Crippen LogP contribution in [0.1, 0.15) is 5.56 Å². The Balaban J connectivity index is 2.50. The highest BCUT2D eigenvalue weighted by Gasteiger charge is 2.31. The monoisotopic (exact) mass is 281 g/mol. The molecule has 0 bridgehead atoms. The van der Waals surface area contributed by atoms with E-state index in [4.69, 9.17) is 5.26 Å². The number of hydrogen-bond acceptors (Lipinski definition) is 4. The molecule has 1 aromatic carbocycles. The van der Waals surface area contributed by atoms with Crippen LogP contribution in [0.4, 0.5) is 13.2 Å². The van der Waals surface area contributed by atoms with Crippen molar-refractivity contribution in [1.82, 2.24) is 9.97 Å². The molecule has 0 fully saturated rings. The molecule has 2 rings (SSSR count). The molecule has 1 heterocycles. The van der Waals surface area contributed by atoms with Gasteiger partial charge in [0.1, 0.15) is 17.4 Å². The van der Waals surface area contributed by atoms with E-state index < -0.39 is 17.7 Å². The van der Waals surface area contributed by atoms with Gasteiger partial charge < -0.3 is 9.72 Å². The number of nitrogens with one attached hydrogen (secondary N) is 1. The van der Waals surface area contributed by atoms with Crippen LogP contribution in [-0.2, 0) is 0 Å². The van der Waals surface area contributed by atoms with E-state index >= 15 is 0 Å². The summed E-state index contributed by atoms with van der Waals surface area (Å²) in [7, 11) is 0. The van der Waals surface area contributed by atoms with Crippen LogP contribution in [0.5, 0.6) is 5.75 Å². The first kappa shape index (κ1) is 13.6. The van der Waals surface area contributed by atoms with Gasteiger partial charge in [0, 0.05) is 5.56 Å². The van der Waals surface area contributed by atoms with Crippen LogP contribution in [0.25, 0.3) is 11.3 Å². The molecule has 0 atom stereocenters. The smallest absolute Gasteiger partial charge is 0.406 e. The van der Waals surface area contributed by atoms with Crippen LogP contribution in [0.15, 0.2) is 35.4 Å². The van der Waals surface area contributed by atoms with Crippen molar-refractivity contribution in [1.29, 1.82) is 5.26 Å². The maximum Gasteiger partial charge on any atom is 0.573 e. The van der Waals surface area contributed by atoms with Gasteiger partial charge in [-0.15, -0.1) is 13.2 Å². The Morgan fingerprint density at radius 1 is 1.35 bits per heavy atom. The van der Waals surface area contributed by atoms with Gasteiger partial charge in [0.2, 0.25) is 0 Å². The fraction of sp³-hybridized carbons (Fsp3) is 0.0833. The summed E-state index contributed by atoms with van der Waals surface area (Å²) in [5, 5.41) is 8.90. The number of alkyl halides is 3. The fourth-order valence-electron chi connectivity index (χ4n) is 1.56. The number of H-pyrrole nitrogens is 1. The molecule has 0 saturated heterocycles. The molecule has 0 aliphatic carbocycles. The molecule has 0 amide bonds. The lowest BCUT2D eigenvalue weighted by Gasteiger charge is -2.10. The van der Waals surface area contributed by atoms with Gasteiger partial charge in [0.15, 0.2) is 0 Å². The van der Waals surface area contributed by atoms with Gasteiger partial charge in [-0.25, -0.2) is 4.98 Å². The molecule has 2 aromatic rings. The number of benzene rings is 1. The van der Waals surface area contributed by atoms with E-state index in [1.54, 1.807) is 6.07 Å². The second-order valence-corrected chi connectivity index (χ2v) is 3.64. The topological polar surface area (TPSA) is 78.8 Å². The number of rotatable bonds is 2. The Morgan fingerprint density at radius 2 is 2.10 bits per heavy atom. The predicted octanol–water partition coefficient (Wildman–Crippen LogP) is 2.21. The molecule has 0 aliphatic heterocycles. The predicted molar refractivity (Wildman–Crippen MR) is 61.7 cm³/mol. The average molecular weight is 281 g/mol. The second kappa shape index (κ2) is 5.05. The molecule has 0 unspecified atom stereocenters. The van der Waals surface area contributed by atoms with Gasteiger partial charge in [0.25, 0.3) is 5.56 Å². The molecule has 0 saturated carbocycles. The molecular weight excluding hydrogens is 275 g/mol. The quantitative estimate of drug-likeness (QED) is 0.915. The molecular formula is C12H6F3N3O2. The molecule has 102 valence electrons. The third-order valence-corrected chi connectivity index (χ3v) is 2.31. The Hall–Kier alpha value is -2.82. The van der Waals surface area contributed by atoms with Crippen LogP contribution in [0.3, 0.4) is 0 Å². The zero-order valence-electron chi connectivity index (χ0n) is 9.73. The van der Waals surface area contributed by atoms with Crippen molar-refractivity contribution in [2.45, 2.75) is 6.36 Å². The minimum atomic E-state index is -4.82. The highest BCUT2D eigenvalue weighted by molar-refractivity contribution is 5.66. The Bertz CT molecular complexity index is 732. The van der Waals surface area contributed by atoms with E-state index in [1.807, 2.05) is 0 Å². The van der Waals surface area contributed by atoms with Crippen molar-refractivity contribution in [3.8, 4) is 23.1 Å². The van der Waals surface area contributed by atoms with Crippen molar-refractivity contribution in [3.63, 3.8) is 0 Å². The largest absolute Gasteiger partial charge is 0.573 e. The molecule has 0 radical (unpaired) electrons. The van der Waals surface area contributed by atoms with Gasteiger partial charge in [-0.05, 0) is 12.1 Å². The highest BCUT2D eigenvalue weighted by Crippen LogP contribution is 2.27. The third-order valence-electron chi connectivity index (χ3n) is 2.31. The molecule has 8 heteroatoms. The minimum Gasteiger partial charge on any atom is -0.406 e. The Morgan fingerprint density at radius 3 is 2.75 bits per heavy atom. The molecule has 1 aromatic heterocycles. The zero-order chi connectivity index (χ0) is 14.8. The van der Waals surface area contributed by atoms with Gasteiger partial charge in [0.05, 0.1) is 12.0 Å². The lowest BCUT2D eigenvalue weighted by atomic mass is 10.1. The van der Waals surface area contributed by atoms with E-state index in [0.29, 0.717) is 0 Å². The van der Waals surface area contributed by atoms with Gasteiger partial charge >= 0.3 is 6.36 Å². The van der Waals surface area contributed by atoms with Crippen molar-refractivity contribution in [2.75, 3.05) is 0 Å². The van der Waals surface area contributed by atoms with Crippen molar-refractivity contribution < 1.29 is 17.9 Å². The van der Waals surface area contributed by atoms with Crippen molar-refractivity contribution >= 4 is 0 Å². The standard InChI is InChI=1S/C12H6F3N3O2/c13-12(14,15)20-8-3-1-2-7(4-8)10-9(5-16)11(19)18-6-17-10/h1-4,6H,(H,17,18,19). The van der Waals surface area contributed by atoms with Gasteiger partial charge in [-0.3, -0.25) is 4.79 Å². The first-order valence-corrected chi connectivity index (χ1v) is 5.24. The van der Waals surface area contributed by atoms with E-state index in [9.17, 15) is 18.0 Å². The van der Waals surface area contributed by atoms with E-state index in [0.717, 1.165) is 18.5 Å². The summed E-state index contributed by atoms with van der Waals surface area (Å²) in [5.74, 6) is -0.457. The lowest BCUT2D eigenvalue weighted by molar-refractivity contribution is -0.274. The molecule has 0 aliphatic rings.